The molecule has 2 aliphatic rings. The van der Waals surface area contributed by atoms with Crippen LogP contribution in [0.1, 0.15) is 44.7 Å². The molecule has 0 unspecified atom stereocenters. The Morgan fingerprint density at radius 3 is 2.71 bits per heavy atom. The van der Waals surface area contributed by atoms with E-state index in [1.165, 1.54) is 23.5 Å². The lowest BCUT2D eigenvalue weighted by Crippen LogP contribution is -2.66. The number of nitrogen functional groups attached to an aromatic ring is 1. The Labute approximate surface area is 248 Å². The molecule has 42 heavy (non-hydrogen) atoms. The number of hydrazine groups is 1. The molecule has 0 radical (unpaired) electrons. The Morgan fingerprint density at radius 2 is 2.00 bits per heavy atom. The number of hydrogen-bond acceptors (Lipinski definition) is 9. The zero-order chi connectivity index (χ0) is 30.1. The number of fused-ring (bicyclic) bond motifs is 2. The largest absolute Gasteiger partial charge is 0.504 e. The number of benzene rings is 2. The number of unbranched alkanes of at least 4 members (excludes halogenated alkanes) is 1. The van der Waals surface area contributed by atoms with Gasteiger partial charge in [-0.15, -0.1) is 0 Å². The molecule has 2 atom stereocenters. The fraction of sp³-hybridized carbons (Fsp3) is 0.448. The molecule has 3 aromatic rings. The van der Waals surface area contributed by atoms with Crippen LogP contribution in [0, 0.1) is 0 Å². The van der Waals surface area contributed by atoms with Crippen molar-refractivity contribution >= 4 is 44.5 Å². The van der Waals surface area contributed by atoms with Crippen molar-refractivity contribution in [3.05, 3.63) is 47.5 Å². The number of carbonyl (C=O) groups excluding carboxylic acids is 3. The number of para-hydroxylation sites is 1. The normalized spacial score (nSPS) is 19.1. The molecular weight excluding hydrogens is 558 g/mol. The Morgan fingerprint density at radius 1 is 1.21 bits per heavy atom. The van der Waals surface area contributed by atoms with Crippen LogP contribution in [0.4, 0.5) is 9.93 Å². The van der Waals surface area contributed by atoms with Crippen molar-refractivity contribution in [2.75, 3.05) is 25.4 Å². The second-order valence-corrected chi connectivity index (χ2v) is 12.0. The van der Waals surface area contributed by atoms with Crippen LogP contribution in [0.2, 0.25) is 0 Å². The number of phenols is 2. The van der Waals surface area contributed by atoms with Gasteiger partial charge in [-0.25, -0.2) is 9.78 Å². The van der Waals surface area contributed by atoms with Crippen molar-refractivity contribution in [3.8, 4) is 11.5 Å². The molecule has 0 saturated carbocycles. The topological polar surface area (TPSA) is 156 Å². The maximum Gasteiger partial charge on any atom is 0.332 e. The van der Waals surface area contributed by atoms with Gasteiger partial charge in [0.25, 0.3) is 0 Å². The van der Waals surface area contributed by atoms with E-state index in [4.69, 9.17) is 5.73 Å². The van der Waals surface area contributed by atoms with E-state index < -0.39 is 12.2 Å². The van der Waals surface area contributed by atoms with E-state index in [0.717, 1.165) is 28.6 Å². The van der Waals surface area contributed by atoms with E-state index >= 15 is 0 Å². The summed E-state index contributed by atoms with van der Waals surface area (Å²) in [4.78, 5) is 48.8. The number of aromatic hydroxyl groups is 2. The molecule has 2 aliphatic heterocycles. The van der Waals surface area contributed by atoms with Gasteiger partial charge in [0.05, 0.1) is 23.3 Å². The molecular formula is C29H37N7O5S. The van der Waals surface area contributed by atoms with E-state index in [2.05, 4.69) is 10.3 Å². The van der Waals surface area contributed by atoms with Gasteiger partial charge in [-0.2, -0.15) is 5.01 Å². The number of carbonyl (C=O) groups is 3. The van der Waals surface area contributed by atoms with Gasteiger partial charge in [-0.05, 0) is 49.6 Å². The summed E-state index contributed by atoms with van der Waals surface area (Å²) in [7, 11) is 0. The molecule has 5 rings (SSSR count). The first-order valence-electron chi connectivity index (χ1n) is 14.2. The third-order valence-electron chi connectivity index (χ3n) is 7.70. The molecule has 2 fully saturated rings. The van der Waals surface area contributed by atoms with Crippen LogP contribution in [0.25, 0.3) is 10.2 Å². The Kier molecular flexibility index (Phi) is 8.41. The highest BCUT2D eigenvalue weighted by Crippen LogP contribution is 2.34. The van der Waals surface area contributed by atoms with Crippen LogP contribution in [0.15, 0.2) is 36.4 Å². The number of nitrogens with zero attached hydrogens (tertiary/aromatic N) is 5. The molecule has 224 valence electrons. The van der Waals surface area contributed by atoms with Crippen molar-refractivity contribution in [1.82, 2.24) is 30.1 Å². The van der Waals surface area contributed by atoms with E-state index in [0.29, 0.717) is 17.2 Å². The number of nitrogens with one attached hydrogen (secondary N) is 1. The van der Waals surface area contributed by atoms with Gasteiger partial charge in [-0.3, -0.25) is 14.6 Å². The van der Waals surface area contributed by atoms with Crippen molar-refractivity contribution in [2.45, 2.75) is 64.8 Å². The lowest BCUT2D eigenvalue weighted by molar-refractivity contribution is -0.158. The standard InChI is InChI=1S/C29H37N7O5S/c1-4-5-11-31-29(41)36(17(2)3)34-16-25(39)35-20(12-18-9-10-21(37)22(38)13-18)27(40)33(15-24(34)35)14-19-7-6-8-23-26(19)32-28(30)42-23/h6-10,13,17,20,24,37-38H,4-5,11-12,14-16H2,1-3H3,(H2,30,32)(H,31,41)/t20-,24+/m0/s1. The Hall–Kier alpha value is -4.10. The van der Waals surface area contributed by atoms with Crippen LogP contribution >= 0.6 is 11.3 Å². The molecule has 5 N–H and O–H groups in total. The Bertz CT molecular complexity index is 1490. The summed E-state index contributed by atoms with van der Waals surface area (Å²) in [6.07, 6.45) is 1.30. The zero-order valence-corrected chi connectivity index (χ0v) is 24.8. The molecule has 13 heteroatoms. The molecule has 1 aromatic heterocycles. The molecule has 0 spiro atoms. The SMILES string of the molecule is CCCCNC(=O)N(C(C)C)N1CC(=O)N2[C@@H](Cc3ccc(O)c(O)c3)C(=O)N(Cc3cccc4sc(N)nc34)C[C@@H]21. The maximum absolute atomic E-state index is 14.1. The molecule has 2 aromatic carbocycles. The van der Waals surface area contributed by atoms with E-state index in [9.17, 15) is 24.6 Å². The lowest BCUT2D eigenvalue weighted by atomic mass is 9.99. The molecule has 0 bridgehead atoms. The number of hydrogen-bond donors (Lipinski definition) is 4. The smallest absolute Gasteiger partial charge is 0.332 e. The second kappa shape index (κ2) is 12.0. The van der Waals surface area contributed by atoms with Gasteiger partial charge in [0.1, 0.15) is 12.2 Å². The number of anilines is 1. The lowest BCUT2D eigenvalue weighted by Gasteiger charge is -2.47. The summed E-state index contributed by atoms with van der Waals surface area (Å²) >= 11 is 1.38. The predicted molar refractivity (Wildman–Crippen MR) is 159 cm³/mol. The number of amides is 4. The van der Waals surface area contributed by atoms with Crippen LogP contribution < -0.4 is 11.1 Å². The summed E-state index contributed by atoms with van der Waals surface area (Å²) in [5, 5.41) is 26.7. The van der Waals surface area contributed by atoms with Gasteiger partial charge >= 0.3 is 6.03 Å². The molecule has 4 amide bonds. The summed E-state index contributed by atoms with van der Waals surface area (Å²) in [6.45, 7) is 6.72. The van der Waals surface area contributed by atoms with Crippen LogP contribution in [0.5, 0.6) is 11.5 Å². The minimum Gasteiger partial charge on any atom is -0.504 e. The Balaban J connectivity index is 1.51. The van der Waals surface area contributed by atoms with Gasteiger partial charge in [0.2, 0.25) is 11.8 Å². The highest BCUT2D eigenvalue weighted by molar-refractivity contribution is 7.22. The fourth-order valence-electron chi connectivity index (χ4n) is 5.74. The van der Waals surface area contributed by atoms with Gasteiger partial charge < -0.3 is 31.1 Å². The van der Waals surface area contributed by atoms with Crippen LogP contribution in [-0.2, 0) is 22.6 Å². The monoisotopic (exact) mass is 595 g/mol. The number of rotatable bonds is 9. The first-order chi connectivity index (χ1) is 20.1. The van der Waals surface area contributed by atoms with Crippen molar-refractivity contribution in [1.29, 1.82) is 0 Å². The number of thiazole rings is 1. The summed E-state index contributed by atoms with van der Waals surface area (Å²) < 4.78 is 0.916. The van der Waals surface area contributed by atoms with E-state index in [1.807, 2.05) is 39.0 Å². The van der Waals surface area contributed by atoms with Crippen LogP contribution in [-0.4, -0.2) is 90.7 Å². The minimum absolute atomic E-state index is 0.0549. The quantitative estimate of drug-likeness (QED) is 0.217. The van der Waals surface area contributed by atoms with Crippen molar-refractivity contribution < 1.29 is 24.6 Å². The van der Waals surface area contributed by atoms with E-state index in [-0.39, 0.29) is 61.4 Å². The van der Waals surface area contributed by atoms with Gasteiger partial charge in [0.15, 0.2) is 16.6 Å². The number of nitrogens with two attached hydrogens (primary N) is 1. The minimum atomic E-state index is -0.887. The van der Waals surface area contributed by atoms with Gasteiger partial charge in [0, 0.05) is 25.6 Å². The third-order valence-corrected chi connectivity index (χ3v) is 8.55. The zero-order valence-electron chi connectivity index (χ0n) is 24.0. The molecule has 3 heterocycles. The fourth-order valence-corrected chi connectivity index (χ4v) is 6.52. The average molecular weight is 596 g/mol. The number of aromatic nitrogens is 1. The van der Waals surface area contributed by atoms with E-state index in [1.54, 1.807) is 25.9 Å². The number of phenolic OH excluding ortho intramolecular Hbond substituents is 2. The highest BCUT2D eigenvalue weighted by atomic mass is 32.1. The number of piperazine rings is 1. The highest BCUT2D eigenvalue weighted by Gasteiger charge is 2.52. The summed E-state index contributed by atoms with van der Waals surface area (Å²) in [5.41, 5.74) is 8.13. The first kappa shape index (κ1) is 29.4. The maximum atomic E-state index is 14.1. The van der Waals surface area contributed by atoms with Crippen LogP contribution in [0.3, 0.4) is 0 Å². The van der Waals surface area contributed by atoms with Crippen molar-refractivity contribution in [2.24, 2.45) is 0 Å². The third kappa shape index (κ3) is 5.66. The second-order valence-electron chi connectivity index (χ2n) is 11.0. The molecule has 2 saturated heterocycles. The average Bonchev–Trinajstić information content (AvgIpc) is 3.47. The predicted octanol–water partition coefficient (Wildman–Crippen LogP) is 2.85. The first-order valence-corrected chi connectivity index (χ1v) is 15.0. The van der Waals surface area contributed by atoms with Gasteiger partial charge in [-0.1, -0.05) is 42.9 Å². The number of urea groups is 1. The van der Waals surface area contributed by atoms with Crippen molar-refractivity contribution in [3.63, 3.8) is 0 Å². The molecule has 12 nitrogen and oxygen atoms in total. The summed E-state index contributed by atoms with van der Waals surface area (Å²) in [5.74, 6) is -1.09. The molecule has 0 aliphatic carbocycles. The summed E-state index contributed by atoms with van der Waals surface area (Å²) in [6, 6.07) is 8.70.